The summed E-state index contributed by atoms with van der Waals surface area (Å²) in [4.78, 5) is 7.52. The number of hydrogen-bond donors (Lipinski definition) is 0. The van der Waals surface area contributed by atoms with Crippen molar-refractivity contribution in [1.82, 2.24) is 4.98 Å². The van der Waals surface area contributed by atoms with Crippen LogP contribution in [0.2, 0.25) is 0 Å². The summed E-state index contributed by atoms with van der Waals surface area (Å²) in [6.07, 6.45) is 0. The number of hydrogen-bond acceptors (Lipinski definition) is 2. The fraction of sp³-hybridized carbons (Fsp3) is 0.0192. The van der Waals surface area contributed by atoms with Crippen LogP contribution >= 0.6 is 0 Å². The number of nitrogens with zero attached hydrogens (tertiary/aromatic N) is 2. The van der Waals surface area contributed by atoms with Gasteiger partial charge in [-0.3, -0.25) is 4.90 Å². The van der Waals surface area contributed by atoms with Crippen LogP contribution in [-0.4, -0.2) is 4.98 Å². The molecule has 0 N–H and O–H groups in total. The van der Waals surface area contributed by atoms with Gasteiger partial charge in [-0.1, -0.05) is 152 Å². The highest BCUT2D eigenvalue weighted by Crippen LogP contribution is 2.50. The summed E-state index contributed by atoms with van der Waals surface area (Å²) in [6.45, 7) is 2.15. The zero-order chi connectivity index (χ0) is 36.0. The van der Waals surface area contributed by atoms with Gasteiger partial charge >= 0.3 is 0 Å². The molecule has 2 heteroatoms. The van der Waals surface area contributed by atoms with Gasteiger partial charge in [0.25, 0.3) is 0 Å². The molecule has 54 heavy (non-hydrogen) atoms. The molecule has 0 radical (unpaired) electrons. The Kier molecular flexibility index (Phi) is 7.74. The Morgan fingerprint density at radius 3 is 1.74 bits per heavy atom. The van der Waals surface area contributed by atoms with Crippen molar-refractivity contribution in [3.8, 4) is 33.4 Å². The number of aromatic nitrogens is 1. The van der Waals surface area contributed by atoms with E-state index in [0.717, 1.165) is 28.1 Å². The topological polar surface area (TPSA) is 16.1 Å². The van der Waals surface area contributed by atoms with E-state index < -0.39 is 0 Å². The Hall–Kier alpha value is -7.03. The van der Waals surface area contributed by atoms with Crippen LogP contribution in [0.3, 0.4) is 0 Å². The molecular formula is C52H36N2. The third-order valence-electron chi connectivity index (χ3n) is 10.6. The second-order valence-corrected chi connectivity index (χ2v) is 14.0. The molecule has 0 aliphatic heterocycles. The molecule has 0 fully saturated rings. The molecule has 1 heterocycles. The lowest BCUT2D eigenvalue weighted by molar-refractivity contribution is 1.20. The molecule has 0 bridgehead atoms. The van der Waals surface area contributed by atoms with Crippen LogP contribution in [0.15, 0.2) is 200 Å². The van der Waals surface area contributed by atoms with E-state index in [4.69, 9.17) is 4.98 Å². The molecule has 0 spiro atoms. The van der Waals surface area contributed by atoms with Gasteiger partial charge in [-0.15, -0.1) is 0 Å². The molecular weight excluding hydrogens is 653 g/mol. The van der Waals surface area contributed by atoms with E-state index in [-0.39, 0.29) is 0 Å². The molecule has 1 aromatic heterocycles. The van der Waals surface area contributed by atoms with E-state index >= 15 is 0 Å². The molecule has 10 aromatic rings. The minimum absolute atomic E-state index is 0.881. The van der Waals surface area contributed by atoms with Gasteiger partial charge < -0.3 is 0 Å². The smallest absolute Gasteiger partial charge is 0.138 e. The van der Waals surface area contributed by atoms with Crippen LogP contribution in [0.5, 0.6) is 0 Å². The summed E-state index contributed by atoms with van der Waals surface area (Å²) in [6, 6.07) is 72.3. The van der Waals surface area contributed by atoms with E-state index in [1.807, 2.05) is 0 Å². The number of para-hydroxylation sites is 1. The summed E-state index contributed by atoms with van der Waals surface area (Å²) in [5, 5.41) is 8.53. The van der Waals surface area contributed by atoms with Gasteiger partial charge in [0.1, 0.15) is 5.82 Å². The first kappa shape index (κ1) is 31.7. The molecule has 0 aliphatic rings. The van der Waals surface area contributed by atoms with Crippen molar-refractivity contribution in [2.45, 2.75) is 6.92 Å². The number of anilines is 3. The maximum absolute atomic E-state index is 5.22. The fourth-order valence-corrected chi connectivity index (χ4v) is 8.24. The number of rotatable bonds is 6. The fourth-order valence-electron chi connectivity index (χ4n) is 8.24. The predicted octanol–water partition coefficient (Wildman–Crippen LogP) is 14.5. The first-order chi connectivity index (χ1) is 26.7. The van der Waals surface area contributed by atoms with Gasteiger partial charge in [0.15, 0.2) is 0 Å². The minimum atomic E-state index is 0.881. The molecule has 9 aromatic carbocycles. The van der Waals surface area contributed by atoms with Gasteiger partial charge in [-0.05, 0) is 127 Å². The van der Waals surface area contributed by atoms with Crippen molar-refractivity contribution in [2.75, 3.05) is 4.90 Å². The Labute approximate surface area is 315 Å². The molecule has 10 rings (SSSR count). The van der Waals surface area contributed by atoms with Crippen LogP contribution in [-0.2, 0) is 0 Å². The number of fused-ring (bicyclic) bond motifs is 7. The van der Waals surface area contributed by atoms with E-state index in [2.05, 4.69) is 212 Å². The molecule has 0 amide bonds. The molecule has 2 nitrogen and oxygen atoms in total. The van der Waals surface area contributed by atoms with Crippen molar-refractivity contribution in [2.24, 2.45) is 0 Å². The van der Waals surface area contributed by atoms with Gasteiger partial charge in [-0.2, -0.15) is 0 Å². The predicted molar refractivity (Wildman–Crippen MR) is 230 cm³/mol. The lowest BCUT2D eigenvalue weighted by Crippen LogP contribution is -2.11. The van der Waals surface area contributed by atoms with Crippen LogP contribution in [0.4, 0.5) is 17.2 Å². The summed E-state index contributed by atoms with van der Waals surface area (Å²) in [5.74, 6) is 0.881. The Balaban J connectivity index is 1.35. The molecule has 0 saturated heterocycles. The Morgan fingerprint density at radius 2 is 1.00 bits per heavy atom. The average molecular weight is 689 g/mol. The summed E-state index contributed by atoms with van der Waals surface area (Å²) in [5.41, 5.74) is 11.6. The van der Waals surface area contributed by atoms with E-state index in [0.29, 0.717) is 0 Å². The zero-order valence-electron chi connectivity index (χ0n) is 29.9. The van der Waals surface area contributed by atoms with Crippen LogP contribution in [0.25, 0.3) is 76.6 Å². The van der Waals surface area contributed by atoms with Gasteiger partial charge in [-0.25, -0.2) is 4.98 Å². The van der Waals surface area contributed by atoms with Gasteiger partial charge in [0.05, 0.1) is 5.52 Å². The van der Waals surface area contributed by atoms with Gasteiger partial charge in [0, 0.05) is 16.8 Å². The first-order valence-electron chi connectivity index (χ1n) is 18.6. The van der Waals surface area contributed by atoms with E-state index in [1.54, 1.807) is 0 Å². The highest BCUT2D eigenvalue weighted by Gasteiger charge is 2.23. The number of pyridine rings is 1. The third-order valence-corrected chi connectivity index (χ3v) is 10.6. The second-order valence-electron chi connectivity index (χ2n) is 14.0. The third kappa shape index (κ3) is 5.39. The lowest BCUT2D eigenvalue weighted by Gasteiger charge is -2.26. The van der Waals surface area contributed by atoms with Crippen molar-refractivity contribution in [3.05, 3.63) is 206 Å². The van der Waals surface area contributed by atoms with E-state index in [1.165, 1.54) is 71.3 Å². The highest BCUT2D eigenvalue weighted by atomic mass is 15.2. The molecule has 0 unspecified atom stereocenters. The lowest BCUT2D eigenvalue weighted by atomic mass is 9.81. The van der Waals surface area contributed by atoms with Crippen LogP contribution in [0, 0.1) is 6.92 Å². The Morgan fingerprint density at radius 1 is 0.389 bits per heavy atom. The van der Waals surface area contributed by atoms with Crippen molar-refractivity contribution >= 4 is 60.4 Å². The molecule has 0 aliphatic carbocycles. The molecule has 0 saturated carbocycles. The summed E-state index contributed by atoms with van der Waals surface area (Å²) in [7, 11) is 0. The standard InChI is InChI=1S/C52H36N2/c1-35-16-15-24-40(32-35)54(49-31-28-38-21-11-14-27-48(38)53-49)41-29-30-44-47(33-41)42-25-12-13-26-43(42)51-46(37-19-7-3-8-20-37)34-45(36-17-5-2-6-18-36)50(52(44)51)39-22-9-4-10-23-39/h2-34H,1H3. The maximum Gasteiger partial charge on any atom is 0.138 e. The maximum atomic E-state index is 5.22. The zero-order valence-corrected chi connectivity index (χ0v) is 29.9. The van der Waals surface area contributed by atoms with E-state index in [9.17, 15) is 0 Å². The largest absolute Gasteiger partial charge is 0.295 e. The first-order valence-corrected chi connectivity index (χ1v) is 18.6. The van der Waals surface area contributed by atoms with Crippen LogP contribution in [0.1, 0.15) is 5.56 Å². The van der Waals surface area contributed by atoms with Crippen molar-refractivity contribution < 1.29 is 0 Å². The monoisotopic (exact) mass is 688 g/mol. The minimum Gasteiger partial charge on any atom is -0.295 e. The van der Waals surface area contributed by atoms with Crippen molar-refractivity contribution in [1.29, 1.82) is 0 Å². The number of aryl methyl sites for hydroxylation is 1. The quantitative estimate of drug-likeness (QED) is 0.162. The van der Waals surface area contributed by atoms with Gasteiger partial charge in [0.2, 0.25) is 0 Å². The van der Waals surface area contributed by atoms with Crippen LogP contribution < -0.4 is 4.90 Å². The average Bonchev–Trinajstić information content (AvgIpc) is 3.24. The summed E-state index contributed by atoms with van der Waals surface area (Å²) < 4.78 is 0. The summed E-state index contributed by atoms with van der Waals surface area (Å²) >= 11 is 0. The second kappa shape index (κ2) is 13.2. The number of benzene rings is 9. The SMILES string of the molecule is Cc1cccc(N(c2ccc3c(c2)c2ccccc2c2c(-c4ccccc4)cc(-c4ccccc4)c(-c4ccccc4)c32)c2ccc3ccccc3n2)c1. The van der Waals surface area contributed by atoms with Crippen molar-refractivity contribution in [3.63, 3.8) is 0 Å². The molecule has 0 atom stereocenters. The Bertz CT molecular complexity index is 2990. The molecule has 254 valence electrons. The highest BCUT2D eigenvalue weighted by molar-refractivity contribution is 6.33. The normalized spacial score (nSPS) is 11.4.